The number of benzene rings is 1. The molecule has 3 heteroatoms. The van der Waals surface area contributed by atoms with Gasteiger partial charge in [0.25, 0.3) is 0 Å². The summed E-state index contributed by atoms with van der Waals surface area (Å²) < 4.78 is 25.9. The first-order valence-electron chi connectivity index (χ1n) is 4.78. The minimum absolute atomic E-state index is 0.418. The van der Waals surface area contributed by atoms with Crippen molar-refractivity contribution in [2.24, 2.45) is 5.73 Å². The van der Waals surface area contributed by atoms with Gasteiger partial charge in [-0.15, -0.1) is 0 Å². The summed E-state index contributed by atoms with van der Waals surface area (Å²) in [6.45, 7) is 1.77. The van der Waals surface area contributed by atoms with Gasteiger partial charge in [0.05, 0.1) is 0 Å². The SMILES string of the molecule is Cc1cc(F)c(F)cc1C1(N)CCC1. The van der Waals surface area contributed by atoms with Gasteiger partial charge in [-0.2, -0.15) is 0 Å². The van der Waals surface area contributed by atoms with Crippen LogP contribution >= 0.6 is 0 Å². The second kappa shape index (κ2) is 3.02. The van der Waals surface area contributed by atoms with E-state index in [1.54, 1.807) is 6.92 Å². The van der Waals surface area contributed by atoms with Gasteiger partial charge in [0.1, 0.15) is 0 Å². The Bertz CT molecular complexity index is 370. The van der Waals surface area contributed by atoms with E-state index in [1.165, 1.54) is 12.1 Å². The molecule has 2 N–H and O–H groups in total. The zero-order chi connectivity index (χ0) is 10.3. The molecule has 1 nitrogen and oxygen atoms in total. The van der Waals surface area contributed by atoms with Crippen molar-refractivity contribution in [1.29, 1.82) is 0 Å². The van der Waals surface area contributed by atoms with E-state index in [1.807, 2.05) is 0 Å². The summed E-state index contributed by atoms with van der Waals surface area (Å²) in [7, 11) is 0. The lowest BCUT2D eigenvalue weighted by molar-refractivity contribution is 0.251. The number of aryl methyl sites for hydroxylation is 1. The van der Waals surface area contributed by atoms with E-state index in [9.17, 15) is 8.78 Å². The molecule has 1 aliphatic carbocycles. The molecular formula is C11H13F2N. The molecule has 0 radical (unpaired) electrons. The Morgan fingerprint density at radius 1 is 1.21 bits per heavy atom. The Morgan fingerprint density at radius 3 is 2.29 bits per heavy atom. The average Bonchev–Trinajstić information content (AvgIpc) is 2.07. The fourth-order valence-electron chi connectivity index (χ4n) is 2.01. The molecule has 0 saturated heterocycles. The molecule has 0 aliphatic heterocycles. The summed E-state index contributed by atoms with van der Waals surface area (Å²) in [5, 5.41) is 0. The van der Waals surface area contributed by atoms with E-state index < -0.39 is 17.2 Å². The summed E-state index contributed by atoms with van der Waals surface area (Å²) in [6.07, 6.45) is 2.78. The normalized spacial score (nSPS) is 19.1. The van der Waals surface area contributed by atoms with E-state index in [0.29, 0.717) is 0 Å². The molecule has 76 valence electrons. The molecular weight excluding hydrogens is 184 g/mol. The van der Waals surface area contributed by atoms with E-state index in [4.69, 9.17) is 5.73 Å². The van der Waals surface area contributed by atoms with Crippen LogP contribution in [0.3, 0.4) is 0 Å². The molecule has 0 spiro atoms. The lowest BCUT2D eigenvalue weighted by atomic mass is 9.71. The standard InChI is InChI=1S/C11H13F2N/c1-7-5-9(12)10(13)6-8(7)11(14)3-2-4-11/h5-6H,2-4,14H2,1H3. The quantitative estimate of drug-likeness (QED) is 0.735. The zero-order valence-corrected chi connectivity index (χ0v) is 8.11. The molecule has 1 aromatic carbocycles. The maximum atomic E-state index is 13.0. The third-order valence-electron chi connectivity index (χ3n) is 3.05. The number of rotatable bonds is 1. The largest absolute Gasteiger partial charge is 0.321 e. The van der Waals surface area contributed by atoms with Gasteiger partial charge >= 0.3 is 0 Å². The molecule has 0 aromatic heterocycles. The highest BCUT2D eigenvalue weighted by atomic mass is 19.2. The van der Waals surface area contributed by atoms with Crippen LogP contribution in [0.4, 0.5) is 8.78 Å². The maximum absolute atomic E-state index is 13.0. The van der Waals surface area contributed by atoms with Crippen molar-refractivity contribution < 1.29 is 8.78 Å². The molecule has 1 fully saturated rings. The first kappa shape index (κ1) is 9.59. The molecule has 0 amide bonds. The van der Waals surface area contributed by atoms with Gasteiger partial charge in [-0.05, 0) is 49.4 Å². The van der Waals surface area contributed by atoms with Crippen molar-refractivity contribution in [3.8, 4) is 0 Å². The molecule has 1 aromatic rings. The fourth-order valence-corrected chi connectivity index (χ4v) is 2.01. The van der Waals surface area contributed by atoms with Crippen LogP contribution in [0.5, 0.6) is 0 Å². The summed E-state index contributed by atoms with van der Waals surface area (Å²) in [5.41, 5.74) is 7.13. The van der Waals surface area contributed by atoms with Crippen LogP contribution in [-0.2, 0) is 5.54 Å². The Balaban J connectivity index is 2.48. The van der Waals surface area contributed by atoms with Crippen molar-refractivity contribution >= 4 is 0 Å². The Morgan fingerprint density at radius 2 is 1.79 bits per heavy atom. The summed E-state index contributed by atoms with van der Waals surface area (Å²) >= 11 is 0. The predicted molar refractivity (Wildman–Crippen MR) is 50.8 cm³/mol. The van der Waals surface area contributed by atoms with E-state index in [-0.39, 0.29) is 0 Å². The Kier molecular flexibility index (Phi) is 2.07. The minimum atomic E-state index is -0.803. The van der Waals surface area contributed by atoms with Crippen LogP contribution in [0.15, 0.2) is 12.1 Å². The van der Waals surface area contributed by atoms with Gasteiger partial charge in [0.2, 0.25) is 0 Å². The lowest BCUT2D eigenvalue weighted by Crippen LogP contribution is -2.44. The predicted octanol–water partition coefficient (Wildman–Crippen LogP) is 2.61. The van der Waals surface area contributed by atoms with Crippen molar-refractivity contribution in [1.82, 2.24) is 0 Å². The first-order valence-corrected chi connectivity index (χ1v) is 4.78. The van der Waals surface area contributed by atoms with Crippen LogP contribution in [0.2, 0.25) is 0 Å². The average molecular weight is 197 g/mol. The van der Waals surface area contributed by atoms with E-state index in [0.717, 1.165) is 30.4 Å². The van der Waals surface area contributed by atoms with Gasteiger partial charge in [-0.1, -0.05) is 0 Å². The van der Waals surface area contributed by atoms with Crippen molar-refractivity contribution in [2.75, 3.05) is 0 Å². The molecule has 0 heterocycles. The molecule has 0 unspecified atom stereocenters. The highest BCUT2D eigenvalue weighted by Gasteiger charge is 2.36. The minimum Gasteiger partial charge on any atom is -0.321 e. The van der Waals surface area contributed by atoms with Crippen LogP contribution in [0, 0.1) is 18.6 Å². The van der Waals surface area contributed by atoms with Gasteiger partial charge in [0.15, 0.2) is 11.6 Å². The monoisotopic (exact) mass is 197 g/mol. The number of nitrogens with two attached hydrogens (primary N) is 1. The van der Waals surface area contributed by atoms with Crippen molar-refractivity contribution in [3.63, 3.8) is 0 Å². The van der Waals surface area contributed by atoms with E-state index in [2.05, 4.69) is 0 Å². The van der Waals surface area contributed by atoms with Gasteiger partial charge < -0.3 is 5.73 Å². The molecule has 0 bridgehead atoms. The second-order valence-corrected chi connectivity index (χ2v) is 4.09. The first-order chi connectivity index (χ1) is 6.53. The molecule has 0 atom stereocenters. The van der Waals surface area contributed by atoms with Crippen LogP contribution in [0.1, 0.15) is 30.4 Å². The smallest absolute Gasteiger partial charge is 0.159 e. The fraction of sp³-hybridized carbons (Fsp3) is 0.455. The molecule has 1 saturated carbocycles. The summed E-state index contributed by atoms with van der Waals surface area (Å²) in [4.78, 5) is 0. The third kappa shape index (κ3) is 1.32. The van der Waals surface area contributed by atoms with Crippen LogP contribution in [0.25, 0.3) is 0 Å². The van der Waals surface area contributed by atoms with Gasteiger partial charge in [-0.25, -0.2) is 8.78 Å². The van der Waals surface area contributed by atoms with Crippen molar-refractivity contribution in [3.05, 3.63) is 34.9 Å². The highest BCUT2D eigenvalue weighted by Crippen LogP contribution is 2.40. The molecule has 1 aliphatic rings. The topological polar surface area (TPSA) is 26.0 Å². The third-order valence-corrected chi connectivity index (χ3v) is 3.05. The number of hydrogen-bond acceptors (Lipinski definition) is 1. The molecule has 2 rings (SSSR count). The van der Waals surface area contributed by atoms with Crippen LogP contribution < -0.4 is 5.73 Å². The summed E-state index contributed by atoms with van der Waals surface area (Å²) in [5.74, 6) is -1.60. The van der Waals surface area contributed by atoms with Crippen molar-refractivity contribution in [2.45, 2.75) is 31.7 Å². The maximum Gasteiger partial charge on any atom is 0.159 e. The second-order valence-electron chi connectivity index (χ2n) is 4.09. The summed E-state index contributed by atoms with van der Waals surface area (Å²) in [6, 6.07) is 2.46. The van der Waals surface area contributed by atoms with Crippen LogP contribution in [-0.4, -0.2) is 0 Å². The Labute approximate surface area is 81.9 Å². The van der Waals surface area contributed by atoms with Gasteiger partial charge in [-0.3, -0.25) is 0 Å². The number of halogens is 2. The lowest BCUT2D eigenvalue weighted by Gasteiger charge is -2.39. The Hall–Kier alpha value is -0.960. The zero-order valence-electron chi connectivity index (χ0n) is 8.11. The van der Waals surface area contributed by atoms with E-state index >= 15 is 0 Å². The number of hydrogen-bond donors (Lipinski definition) is 1. The molecule has 14 heavy (non-hydrogen) atoms. The highest BCUT2D eigenvalue weighted by molar-refractivity contribution is 5.35. The van der Waals surface area contributed by atoms with Gasteiger partial charge in [0, 0.05) is 5.54 Å².